The first-order valence-electron chi connectivity index (χ1n) is 7.04. The zero-order chi connectivity index (χ0) is 14.2. The number of aliphatic hydroxyl groups is 1. The van der Waals surface area contributed by atoms with Crippen molar-refractivity contribution in [1.29, 1.82) is 0 Å². The van der Waals surface area contributed by atoms with Gasteiger partial charge in [0.25, 0.3) is 0 Å². The Labute approximate surface area is 119 Å². The molecule has 108 valence electrons. The minimum Gasteiger partial charge on any atom is -0.492 e. The van der Waals surface area contributed by atoms with E-state index in [0.717, 1.165) is 13.0 Å². The van der Waals surface area contributed by atoms with E-state index < -0.39 is 0 Å². The van der Waals surface area contributed by atoms with Crippen LogP contribution in [0.1, 0.15) is 24.8 Å². The molecule has 3 nitrogen and oxygen atoms in total. The molecule has 0 radical (unpaired) electrons. The molecule has 2 rings (SSSR count). The van der Waals surface area contributed by atoms with E-state index in [1.54, 1.807) is 6.07 Å². The number of halogens is 1. The summed E-state index contributed by atoms with van der Waals surface area (Å²) in [6.45, 7) is 3.70. The summed E-state index contributed by atoms with van der Waals surface area (Å²) in [5.74, 6) is 5.44. The molecule has 20 heavy (non-hydrogen) atoms. The molecule has 1 saturated heterocycles. The maximum Gasteiger partial charge on any atom is 0.137 e. The maximum atomic E-state index is 13.2. The van der Waals surface area contributed by atoms with E-state index in [9.17, 15) is 4.39 Å². The lowest BCUT2D eigenvalue weighted by molar-refractivity contribution is 0.262. The van der Waals surface area contributed by atoms with E-state index in [0.29, 0.717) is 17.9 Å². The normalized spacial score (nSPS) is 14.9. The fourth-order valence-corrected chi connectivity index (χ4v) is 2.33. The first kappa shape index (κ1) is 14.8. The minimum atomic E-state index is -0.339. The number of hydrogen-bond acceptors (Lipinski definition) is 3. The van der Waals surface area contributed by atoms with E-state index in [-0.39, 0.29) is 12.4 Å². The van der Waals surface area contributed by atoms with Crippen LogP contribution >= 0.6 is 0 Å². The SMILES string of the molecule is OCC#Cc1ccc(F)cc1OCCCN1CCCC1. The van der Waals surface area contributed by atoms with Gasteiger partial charge in [-0.2, -0.15) is 0 Å². The Hall–Kier alpha value is -1.57. The lowest BCUT2D eigenvalue weighted by Gasteiger charge is -2.14. The molecular weight excluding hydrogens is 257 g/mol. The highest BCUT2D eigenvalue weighted by Crippen LogP contribution is 2.19. The van der Waals surface area contributed by atoms with Gasteiger partial charge in [-0.1, -0.05) is 11.8 Å². The van der Waals surface area contributed by atoms with Crippen molar-refractivity contribution in [2.24, 2.45) is 0 Å². The summed E-state index contributed by atoms with van der Waals surface area (Å²) < 4.78 is 18.9. The molecule has 1 aliphatic heterocycles. The molecular formula is C16H20FNO2. The molecule has 1 N–H and O–H groups in total. The topological polar surface area (TPSA) is 32.7 Å². The monoisotopic (exact) mass is 277 g/mol. The summed E-state index contributed by atoms with van der Waals surface area (Å²) in [7, 11) is 0. The second kappa shape index (κ2) is 7.88. The Bertz CT molecular complexity index is 487. The van der Waals surface area contributed by atoms with Crippen LogP contribution in [0, 0.1) is 17.7 Å². The van der Waals surface area contributed by atoms with Gasteiger partial charge in [-0.3, -0.25) is 0 Å². The van der Waals surface area contributed by atoms with E-state index in [4.69, 9.17) is 9.84 Å². The van der Waals surface area contributed by atoms with E-state index in [2.05, 4.69) is 16.7 Å². The Morgan fingerprint density at radius 3 is 2.85 bits per heavy atom. The molecule has 0 spiro atoms. The number of ether oxygens (including phenoxy) is 1. The number of benzene rings is 1. The van der Waals surface area contributed by atoms with Crippen molar-refractivity contribution in [3.8, 4) is 17.6 Å². The van der Waals surface area contributed by atoms with Crippen molar-refractivity contribution < 1.29 is 14.2 Å². The van der Waals surface area contributed by atoms with E-state index in [1.165, 1.54) is 38.1 Å². The fourth-order valence-electron chi connectivity index (χ4n) is 2.33. The second-order valence-corrected chi connectivity index (χ2v) is 4.85. The molecule has 1 aliphatic rings. The predicted molar refractivity (Wildman–Crippen MR) is 76.1 cm³/mol. The van der Waals surface area contributed by atoms with E-state index in [1.807, 2.05) is 0 Å². The average Bonchev–Trinajstić information content (AvgIpc) is 2.96. The third-order valence-electron chi connectivity index (χ3n) is 3.32. The molecule has 4 heteroatoms. The summed E-state index contributed by atoms with van der Waals surface area (Å²) in [6, 6.07) is 4.27. The van der Waals surface area contributed by atoms with Crippen molar-refractivity contribution in [2.45, 2.75) is 19.3 Å². The molecule has 0 aromatic heterocycles. The number of likely N-dealkylation sites (tertiary alicyclic amines) is 1. The molecule has 1 heterocycles. The van der Waals surface area contributed by atoms with Gasteiger partial charge in [0.05, 0.1) is 12.2 Å². The molecule has 0 bridgehead atoms. The molecule has 1 aromatic rings. The van der Waals surface area contributed by atoms with Gasteiger partial charge < -0.3 is 14.7 Å². The molecule has 1 fully saturated rings. The van der Waals surface area contributed by atoms with Gasteiger partial charge in [0.1, 0.15) is 18.2 Å². The third kappa shape index (κ3) is 4.52. The molecule has 0 amide bonds. The predicted octanol–water partition coefficient (Wildman–Crippen LogP) is 2.03. The van der Waals surface area contributed by atoms with Crippen LogP contribution in [0.3, 0.4) is 0 Å². The third-order valence-corrected chi connectivity index (χ3v) is 3.32. The summed E-state index contributed by atoms with van der Waals surface area (Å²) in [5.41, 5.74) is 0.613. The summed E-state index contributed by atoms with van der Waals surface area (Å²) >= 11 is 0. The summed E-state index contributed by atoms with van der Waals surface area (Å²) in [4.78, 5) is 2.42. The smallest absolute Gasteiger partial charge is 0.137 e. The van der Waals surface area contributed by atoms with Crippen molar-refractivity contribution in [3.05, 3.63) is 29.6 Å². The second-order valence-electron chi connectivity index (χ2n) is 4.85. The number of rotatable bonds is 5. The van der Waals surface area contributed by atoms with Crippen LogP contribution in [0.25, 0.3) is 0 Å². The van der Waals surface area contributed by atoms with Gasteiger partial charge in [0.15, 0.2) is 0 Å². The first-order valence-corrected chi connectivity index (χ1v) is 7.04. The average molecular weight is 277 g/mol. The highest BCUT2D eigenvalue weighted by Gasteiger charge is 2.10. The van der Waals surface area contributed by atoms with Gasteiger partial charge in [-0.05, 0) is 44.5 Å². The molecule has 0 aliphatic carbocycles. The Kier molecular flexibility index (Phi) is 5.85. The molecule has 0 unspecified atom stereocenters. The number of hydrogen-bond donors (Lipinski definition) is 1. The quantitative estimate of drug-likeness (QED) is 0.660. The van der Waals surface area contributed by atoms with Crippen LogP contribution in [-0.2, 0) is 0 Å². The van der Waals surface area contributed by atoms with Gasteiger partial charge >= 0.3 is 0 Å². The highest BCUT2D eigenvalue weighted by molar-refractivity contribution is 5.46. The fraction of sp³-hybridized carbons (Fsp3) is 0.500. The van der Waals surface area contributed by atoms with Crippen LogP contribution < -0.4 is 4.74 Å². The van der Waals surface area contributed by atoms with E-state index >= 15 is 0 Å². The minimum absolute atomic E-state index is 0.216. The summed E-state index contributed by atoms with van der Waals surface area (Å²) in [5, 5.41) is 8.71. The lowest BCUT2D eigenvalue weighted by Crippen LogP contribution is -2.22. The van der Waals surface area contributed by atoms with Gasteiger partial charge in [-0.15, -0.1) is 0 Å². The zero-order valence-corrected chi connectivity index (χ0v) is 11.6. The molecule has 0 saturated carbocycles. The zero-order valence-electron chi connectivity index (χ0n) is 11.6. The molecule has 0 atom stereocenters. The van der Waals surface area contributed by atoms with Crippen LogP contribution in [0.15, 0.2) is 18.2 Å². The van der Waals surface area contributed by atoms with Crippen molar-refractivity contribution in [1.82, 2.24) is 4.90 Å². The maximum absolute atomic E-state index is 13.2. The van der Waals surface area contributed by atoms with Crippen LogP contribution in [0.4, 0.5) is 4.39 Å². The van der Waals surface area contributed by atoms with Crippen molar-refractivity contribution >= 4 is 0 Å². The van der Waals surface area contributed by atoms with Crippen molar-refractivity contribution in [2.75, 3.05) is 32.8 Å². The van der Waals surface area contributed by atoms with Gasteiger partial charge in [0.2, 0.25) is 0 Å². The highest BCUT2D eigenvalue weighted by atomic mass is 19.1. The summed E-state index contributed by atoms with van der Waals surface area (Å²) in [6.07, 6.45) is 3.49. The van der Waals surface area contributed by atoms with Crippen molar-refractivity contribution in [3.63, 3.8) is 0 Å². The lowest BCUT2D eigenvalue weighted by atomic mass is 10.2. The van der Waals surface area contributed by atoms with Crippen LogP contribution in [-0.4, -0.2) is 42.9 Å². The standard InChI is InChI=1S/C16H20FNO2/c17-15-7-6-14(5-3-11-19)16(13-15)20-12-4-10-18-8-1-2-9-18/h6-7,13,19H,1-2,4,8-12H2. The Morgan fingerprint density at radius 1 is 1.30 bits per heavy atom. The Morgan fingerprint density at radius 2 is 2.10 bits per heavy atom. The first-order chi connectivity index (χ1) is 9.79. The molecule has 1 aromatic carbocycles. The van der Waals surface area contributed by atoms with Crippen LogP contribution in [0.5, 0.6) is 5.75 Å². The number of aliphatic hydroxyl groups excluding tert-OH is 1. The van der Waals surface area contributed by atoms with Gasteiger partial charge in [-0.25, -0.2) is 4.39 Å². The Balaban J connectivity index is 1.85. The van der Waals surface area contributed by atoms with Crippen LogP contribution in [0.2, 0.25) is 0 Å². The van der Waals surface area contributed by atoms with Gasteiger partial charge in [0, 0.05) is 12.6 Å². The largest absolute Gasteiger partial charge is 0.492 e. The number of nitrogens with zero attached hydrogens (tertiary/aromatic N) is 1.